The third kappa shape index (κ3) is 3.48. The molecule has 0 bridgehead atoms. The van der Waals surface area contributed by atoms with Gasteiger partial charge >= 0.3 is 6.09 Å². The number of carbonyl (C=O) groups is 1. The van der Waals surface area contributed by atoms with Crippen LogP contribution in [0.2, 0.25) is 5.02 Å². The summed E-state index contributed by atoms with van der Waals surface area (Å²) in [6.07, 6.45) is 1.81. The first kappa shape index (κ1) is 18.1. The third-order valence-electron chi connectivity index (χ3n) is 5.63. The van der Waals surface area contributed by atoms with Gasteiger partial charge in [-0.1, -0.05) is 11.6 Å². The predicted molar refractivity (Wildman–Crippen MR) is 107 cm³/mol. The van der Waals surface area contributed by atoms with Crippen molar-refractivity contribution in [1.82, 2.24) is 9.88 Å². The smallest absolute Gasteiger partial charge is 0.407 e. The molecule has 2 aromatic rings. The van der Waals surface area contributed by atoms with Gasteiger partial charge in [-0.3, -0.25) is 4.98 Å². The fourth-order valence-electron chi connectivity index (χ4n) is 4.49. The average Bonchev–Trinajstić information content (AvgIpc) is 3.09. The van der Waals surface area contributed by atoms with Gasteiger partial charge in [0.25, 0.3) is 0 Å². The van der Waals surface area contributed by atoms with Crippen LogP contribution in [0, 0.1) is 13.8 Å². The molecule has 0 aliphatic carbocycles. The first-order valence-electron chi connectivity index (χ1n) is 9.43. The number of halogens is 1. The lowest BCUT2D eigenvalue weighted by Gasteiger charge is -2.34. The fourth-order valence-corrected chi connectivity index (χ4v) is 4.74. The normalized spacial score (nSPS) is 19.3. The number of rotatable bonds is 2. The van der Waals surface area contributed by atoms with Gasteiger partial charge in [-0.15, -0.1) is 0 Å². The molecule has 1 aromatic carbocycles. The number of aryl methyl sites for hydroxylation is 2. The maximum Gasteiger partial charge on any atom is 0.407 e. The monoisotopic (exact) mass is 385 g/mol. The number of carboxylic acid groups (broad SMARTS) is 1. The second-order valence-corrected chi connectivity index (χ2v) is 7.98. The van der Waals surface area contributed by atoms with Gasteiger partial charge in [0.05, 0.1) is 6.04 Å². The molecule has 27 heavy (non-hydrogen) atoms. The summed E-state index contributed by atoms with van der Waals surface area (Å²) in [7, 11) is 0. The van der Waals surface area contributed by atoms with Gasteiger partial charge in [0.2, 0.25) is 0 Å². The third-order valence-corrected chi connectivity index (χ3v) is 5.85. The van der Waals surface area contributed by atoms with Gasteiger partial charge in [-0.05, 0) is 74.1 Å². The second kappa shape index (κ2) is 7.04. The molecule has 5 nitrogen and oxygen atoms in total. The van der Waals surface area contributed by atoms with Crippen molar-refractivity contribution in [2.45, 2.75) is 45.7 Å². The van der Waals surface area contributed by atoms with E-state index >= 15 is 0 Å². The number of amides is 1. The van der Waals surface area contributed by atoms with E-state index in [-0.39, 0.29) is 6.04 Å². The summed E-state index contributed by atoms with van der Waals surface area (Å²) >= 11 is 6.39. The number of hydrogen-bond acceptors (Lipinski definition) is 3. The standard InChI is InChI=1S/C21H24ClN3O2/c1-13-8-17(9-14(2)23-13)24-7-5-15-10-16(22)11-18(19(15)12-24)20-4-3-6-25(20)21(26)27/h8-11,20H,3-7,12H2,1-2H3,(H,26,27)/t20-/m0/s1. The van der Waals surface area contributed by atoms with E-state index in [1.54, 1.807) is 4.90 Å². The molecule has 1 aromatic heterocycles. The van der Waals surface area contributed by atoms with Gasteiger partial charge in [-0.2, -0.15) is 0 Å². The van der Waals surface area contributed by atoms with Crippen molar-refractivity contribution in [1.29, 1.82) is 0 Å². The maximum absolute atomic E-state index is 11.7. The summed E-state index contributed by atoms with van der Waals surface area (Å²) in [5.74, 6) is 0. The van der Waals surface area contributed by atoms with Crippen molar-refractivity contribution in [2.24, 2.45) is 0 Å². The van der Waals surface area contributed by atoms with Crippen LogP contribution in [0.3, 0.4) is 0 Å². The van der Waals surface area contributed by atoms with Gasteiger partial charge in [-0.25, -0.2) is 4.79 Å². The van der Waals surface area contributed by atoms with Crippen molar-refractivity contribution < 1.29 is 9.90 Å². The van der Waals surface area contributed by atoms with E-state index in [1.807, 2.05) is 26.0 Å². The number of pyridine rings is 1. The van der Waals surface area contributed by atoms with Crippen LogP contribution >= 0.6 is 11.6 Å². The number of aromatic nitrogens is 1. The zero-order valence-electron chi connectivity index (χ0n) is 15.7. The molecule has 0 unspecified atom stereocenters. The highest BCUT2D eigenvalue weighted by Gasteiger charge is 2.33. The second-order valence-electron chi connectivity index (χ2n) is 7.55. The first-order chi connectivity index (χ1) is 12.9. The van der Waals surface area contributed by atoms with Crippen molar-refractivity contribution in [2.75, 3.05) is 18.0 Å². The highest BCUT2D eigenvalue weighted by atomic mass is 35.5. The van der Waals surface area contributed by atoms with Gasteiger partial charge in [0, 0.05) is 41.7 Å². The number of nitrogens with zero attached hydrogens (tertiary/aromatic N) is 3. The molecule has 142 valence electrons. The number of fused-ring (bicyclic) bond motifs is 1. The van der Waals surface area contributed by atoms with Crippen LogP contribution in [-0.2, 0) is 13.0 Å². The van der Waals surface area contributed by atoms with E-state index in [0.29, 0.717) is 11.6 Å². The molecular formula is C21H24ClN3O2. The van der Waals surface area contributed by atoms with Crippen LogP contribution in [0.1, 0.15) is 47.0 Å². The molecule has 1 fully saturated rings. The van der Waals surface area contributed by atoms with Crippen LogP contribution < -0.4 is 4.90 Å². The minimum atomic E-state index is -0.848. The highest BCUT2D eigenvalue weighted by Crippen LogP contribution is 2.39. The van der Waals surface area contributed by atoms with Crippen LogP contribution in [0.5, 0.6) is 0 Å². The Labute approximate surface area is 164 Å². The van der Waals surface area contributed by atoms with E-state index < -0.39 is 6.09 Å². The van der Waals surface area contributed by atoms with Crippen LogP contribution in [0.4, 0.5) is 10.5 Å². The summed E-state index contributed by atoms with van der Waals surface area (Å²) in [6.45, 7) is 6.32. The molecule has 6 heteroatoms. The number of anilines is 1. The molecule has 0 saturated carbocycles. The Hall–Kier alpha value is -2.27. The quantitative estimate of drug-likeness (QED) is 0.811. The van der Waals surface area contributed by atoms with Crippen molar-refractivity contribution in [3.05, 3.63) is 57.4 Å². The molecule has 4 rings (SSSR count). The number of benzene rings is 1. The Morgan fingerprint density at radius 1 is 1.19 bits per heavy atom. The SMILES string of the molecule is Cc1cc(N2CCc3cc(Cl)cc([C@@H]4CCCN4C(=O)O)c3C2)cc(C)n1. The molecule has 2 aliphatic rings. The largest absolute Gasteiger partial charge is 0.465 e. The molecule has 0 radical (unpaired) electrons. The Balaban J connectivity index is 1.73. The summed E-state index contributed by atoms with van der Waals surface area (Å²) < 4.78 is 0. The number of hydrogen-bond donors (Lipinski definition) is 1. The lowest BCUT2D eigenvalue weighted by Crippen LogP contribution is -2.34. The molecule has 2 aliphatic heterocycles. The molecule has 0 spiro atoms. The summed E-state index contributed by atoms with van der Waals surface area (Å²) in [4.78, 5) is 20.1. The van der Waals surface area contributed by atoms with Gasteiger partial charge < -0.3 is 14.9 Å². The highest BCUT2D eigenvalue weighted by molar-refractivity contribution is 6.30. The zero-order chi connectivity index (χ0) is 19.1. The summed E-state index contributed by atoms with van der Waals surface area (Å²) in [5, 5.41) is 10.3. The van der Waals surface area contributed by atoms with Crippen LogP contribution in [0.15, 0.2) is 24.3 Å². The van der Waals surface area contributed by atoms with E-state index in [0.717, 1.165) is 49.3 Å². The minimum absolute atomic E-state index is 0.101. The molecule has 1 N–H and O–H groups in total. The predicted octanol–water partition coefficient (Wildman–Crippen LogP) is 4.73. The number of likely N-dealkylation sites (tertiary alicyclic amines) is 1. The Kier molecular flexibility index (Phi) is 4.72. The molecule has 1 atom stereocenters. The van der Waals surface area contributed by atoms with Crippen molar-refractivity contribution in [3.8, 4) is 0 Å². The maximum atomic E-state index is 11.7. The minimum Gasteiger partial charge on any atom is -0.465 e. The van der Waals surface area contributed by atoms with Gasteiger partial charge in [0.1, 0.15) is 0 Å². The molecule has 1 saturated heterocycles. The fraction of sp³-hybridized carbons (Fsp3) is 0.429. The first-order valence-corrected chi connectivity index (χ1v) is 9.81. The van der Waals surface area contributed by atoms with E-state index in [4.69, 9.17) is 11.6 Å². The van der Waals surface area contributed by atoms with Gasteiger partial charge in [0.15, 0.2) is 0 Å². The molecule has 3 heterocycles. The topological polar surface area (TPSA) is 56.7 Å². The van der Waals surface area contributed by atoms with Crippen LogP contribution in [0.25, 0.3) is 0 Å². The Bertz CT molecular complexity index is 879. The lowest BCUT2D eigenvalue weighted by atomic mass is 9.90. The Morgan fingerprint density at radius 3 is 2.63 bits per heavy atom. The summed E-state index contributed by atoms with van der Waals surface area (Å²) in [6, 6.07) is 8.15. The molecule has 1 amide bonds. The Morgan fingerprint density at radius 2 is 1.93 bits per heavy atom. The summed E-state index contributed by atoms with van der Waals surface area (Å²) in [5.41, 5.74) is 6.75. The van der Waals surface area contributed by atoms with E-state index in [2.05, 4.69) is 22.0 Å². The van der Waals surface area contributed by atoms with E-state index in [1.165, 1.54) is 16.8 Å². The zero-order valence-corrected chi connectivity index (χ0v) is 16.5. The average molecular weight is 386 g/mol. The van der Waals surface area contributed by atoms with Crippen LogP contribution in [-0.4, -0.2) is 34.2 Å². The van der Waals surface area contributed by atoms with Crippen molar-refractivity contribution in [3.63, 3.8) is 0 Å². The lowest BCUT2D eigenvalue weighted by molar-refractivity contribution is 0.140. The molecular weight excluding hydrogens is 362 g/mol. The van der Waals surface area contributed by atoms with E-state index in [9.17, 15) is 9.90 Å². The van der Waals surface area contributed by atoms with Crippen molar-refractivity contribution >= 4 is 23.4 Å².